The summed E-state index contributed by atoms with van der Waals surface area (Å²) < 4.78 is 46.2. The van der Waals surface area contributed by atoms with Gasteiger partial charge in [0.05, 0.1) is 4.88 Å². The number of nitrogens with zero attached hydrogens (tertiary/aromatic N) is 2. The van der Waals surface area contributed by atoms with Gasteiger partial charge in [-0.25, -0.2) is 0 Å². The molecule has 0 unspecified atom stereocenters. The summed E-state index contributed by atoms with van der Waals surface area (Å²) in [4.78, 5) is 17.0. The lowest BCUT2D eigenvalue weighted by Crippen LogP contribution is -2.24. The number of hydrogen-bond acceptors (Lipinski definition) is 6. The molecule has 0 aliphatic carbocycles. The summed E-state index contributed by atoms with van der Waals surface area (Å²) in [5.41, 5.74) is 0.223. The molecular formula is C17H14F3N3O3S. The Morgan fingerprint density at radius 3 is 2.78 bits per heavy atom. The van der Waals surface area contributed by atoms with E-state index in [0.29, 0.717) is 11.7 Å². The molecule has 0 radical (unpaired) electrons. The minimum atomic E-state index is -4.79. The summed E-state index contributed by atoms with van der Waals surface area (Å²) in [6, 6.07) is 9.35. The molecule has 0 aliphatic rings. The van der Waals surface area contributed by atoms with Crippen LogP contribution in [-0.2, 0) is 17.8 Å². The third-order valence-corrected chi connectivity index (χ3v) is 4.32. The molecule has 3 aromatic rings. The van der Waals surface area contributed by atoms with Crippen molar-refractivity contribution in [1.29, 1.82) is 0 Å². The molecule has 0 atom stereocenters. The highest BCUT2D eigenvalue weighted by molar-refractivity contribution is 7.13. The lowest BCUT2D eigenvalue weighted by atomic mass is 10.2. The van der Waals surface area contributed by atoms with E-state index in [-0.39, 0.29) is 36.6 Å². The van der Waals surface area contributed by atoms with Crippen LogP contribution in [0.3, 0.4) is 0 Å². The summed E-state index contributed by atoms with van der Waals surface area (Å²) in [7, 11) is 0. The van der Waals surface area contributed by atoms with Crippen LogP contribution in [0.25, 0.3) is 10.7 Å². The minimum absolute atomic E-state index is 0.0639. The van der Waals surface area contributed by atoms with Crippen LogP contribution >= 0.6 is 11.3 Å². The molecule has 10 heteroatoms. The maximum Gasteiger partial charge on any atom is 0.573 e. The van der Waals surface area contributed by atoms with Gasteiger partial charge < -0.3 is 14.6 Å². The number of thiophene rings is 1. The first-order valence-electron chi connectivity index (χ1n) is 7.87. The van der Waals surface area contributed by atoms with E-state index in [1.54, 1.807) is 6.07 Å². The number of aryl methyl sites for hydroxylation is 1. The Labute approximate surface area is 156 Å². The van der Waals surface area contributed by atoms with Crippen LogP contribution < -0.4 is 10.1 Å². The molecule has 0 saturated heterocycles. The first-order valence-corrected chi connectivity index (χ1v) is 8.75. The van der Waals surface area contributed by atoms with Gasteiger partial charge in [0, 0.05) is 24.9 Å². The fraction of sp³-hybridized carbons (Fsp3) is 0.235. The lowest BCUT2D eigenvalue weighted by molar-refractivity contribution is -0.274. The SMILES string of the molecule is O=C(CCc1nc(-c2cccs2)no1)NCc1ccccc1OC(F)(F)F. The highest BCUT2D eigenvalue weighted by atomic mass is 32.1. The van der Waals surface area contributed by atoms with Crippen molar-refractivity contribution in [3.05, 3.63) is 53.2 Å². The second-order valence-electron chi connectivity index (χ2n) is 5.42. The van der Waals surface area contributed by atoms with Crippen molar-refractivity contribution < 1.29 is 27.2 Å². The summed E-state index contributed by atoms with van der Waals surface area (Å²) in [6.07, 6.45) is -4.50. The molecule has 1 N–H and O–H groups in total. The number of hydrogen-bond donors (Lipinski definition) is 1. The topological polar surface area (TPSA) is 77.2 Å². The smallest absolute Gasteiger partial charge is 0.405 e. The number of carbonyl (C=O) groups excluding carboxylic acids is 1. The molecule has 3 rings (SSSR count). The number of carbonyl (C=O) groups is 1. The van der Waals surface area contributed by atoms with Crippen LogP contribution in [0.4, 0.5) is 13.2 Å². The average Bonchev–Trinajstić information content (AvgIpc) is 3.29. The molecule has 2 aromatic heterocycles. The van der Waals surface area contributed by atoms with Crippen LogP contribution in [0, 0.1) is 0 Å². The highest BCUT2D eigenvalue weighted by Gasteiger charge is 2.31. The second-order valence-corrected chi connectivity index (χ2v) is 6.37. The second kappa shape index (κ2) is 8.21. The number of halogens is 3. The van der Waals surface area contributed by atoms with Gasteiger partial charge in [0.15, 0.2) is 0 Å². The predicted octanol–water partition coefficient (Wildman–Crippen LogP) is 3.95. The molecule has 1 aromatic carbocycles. The van der Waals surface area contributed by atoms with E-state index in [9.17, 15) is 18.0 Å². The third-order valence-electron chi connectivity index (χ3n) is 3.45. The fourth-order valence-corrected chi connectivity index (χ4v) is 2.89. The van der Waals surface area contributed by atoms with Gasteiger partial charge in [0.2, 0.25) is 17.6 Å². The number of benzene rings is 1. The quantitative estimate of drug-likeness (QED) is 0.653. The van der Waals surface area contributed by atoms with E-state index in [2.05, 4.69) is 20.2 Å². The molecule has 1 amide bonds. The maximum absolute atomic E-state index is 12.4. The van der Waals surface area contributed by atoms with Gasteiger partial charge in [-0.15, -0.1) is 24.5 Å². The Hall–Kier alpha value is -2.88. The van der Waals surface area contributed by atoms with Crippen molar-refractivity contribution in [2.45, 2.75) is 25.7 Å². The molecule has 0 aliphatic heterocycles. The van der Waals surface area contributed by atoms with Gasteiger partial charge >= 0.3 is 6.36 Å². The first-order chi connectivity index (χ1) is 12.9. The molecule has 6 nitrogen and oxygen atoms in total. The van der Waals surface area contributed by atoms with E-state index in [4.69, 9.17) is 4.52 Å². The molecule has 0 spiro atoms. The monoisotopic (exact) mass is 397 g/mol. The van der Waals surface area contributed by atoms with E-state index in [0.717, 1.165) is 4.88 Å². The normalized spacial score (nSPS) is 11.4. The number of amides is 1. The third kappa shape index (κ3) is 5.55. The first kappa shape index (κ1) is 18.9. The standard InChI is InChI=1S/C17H14F3N3O3S/c18-17(19,20)25-12-5-2-1-4-11(12)10-21-14(24)7-8-15-22-16(23-26-15)13-6-3-9-27-13/h1-6,9H,7-8,10H2,(H,21,24). The summed E-state index contributed by atoms with van der Waals surface area (Å²) in [5, 5.41) is 8.29. The Kier molecular flexibility index (Phi) is 5.75. The Balaban J connectivity index is 1.51. The molecule has 0 saturated carbocycles. The molecule has 0 fully saturated rings. The number of aromatic nitrogens is 2. The average molecular weight is 397 g/mol. The molecule has 2 heterocycles. The molecule has 142 valence electrons. The molecule has 0 bridgehead atoms. The number of para-hydroxylation sites is 1. The number of nitrogens with one attached hydrogen (secondary N) is 1. The minimum Gasteiger partial charge on any atom is -0.405 e. The predicted molar refractivity (Wildman–Crippen MR) is 90.9 cm³/mol. The molecular weight excluding hydrogens is 383 g/mol. The highest BCUT2D eigenvalue weighted by Crippen LogP contribution is 2.26. The fourth-order valence-electron chi connectivity index (χ4n) is 2.24. The van der Waals surface area contributed by atoms with E-state index in [1.807, 2.05) is 17.5 Å². The van der Waals surface area contributed by atoms with Crippen molar-refractivity contribution in [1.82, 2.24) is 15.5 Å². The Bertz CT molecular complexity index is 894. The van der Waals surface area contributed by atoms with Crippen molar-refractivity contribution >= 4 is 17.2 Å². The molecule has 27 heavy (non-hydrogen) atoms. The maximum atomic E-state index is 12.4. The Morgan fingerprint density at radius 2 is 2.04 bits per heavy atom. The van der Waals surface area contributed by atoms with Gasteiger partial charge in [-0.05, 0) is 17.5 Å². The van der Waals surface area contributed by atoms with Crippen molar-refractivity contribution in [3.8, 4) is 16.5 Å². The van der Waals surface area contributed by atoms with Crippen molar-refractivity contribution in [2.75, 3.05) is 0 Å². The summed E-state index contributed by atoms with van der Waals surface area (Å²) >= 11 is 1.47. The van der Waals surface area contributed by atoms with E-state index in [1.165, 1.54) is 29.5 Å². The van der Waals surface area contributed by atoms with Gasteiger partial charge in [0.1, 0.15) is 5.75 Å². The Morgan fingerprint density at radius 1 is 1.22 bits per heavy atom. The van der Waals surface area contributed by atoms with Crippen LogP contribution in [-0.4, -0.2) is 22.4 Å². The van der Waals surface area contributed by atoms with Crippen LogP contribution in [0.2, 0.25) is 0 Å². The zero-order valence-electron chi connectivity index (χ0n) is 13.8. The van der Waals surface area contributed by atoms with Crippen LogP contribution in [0.1, 0.15) is 17.9 Å². The summed E-state index contributed by atoms with van der Waals surface area (Å²) in [6.45, 7) is -0.0879. The van der Waals surface area contributed by atoms with E-state index >= 15 is 0 Å². The van der Waals surface area contributed by atoms with Gasteiger partial charge in [-0.2, -0.15) is 4.98 Å². The largest absolute Gasteiger partial charge is 0.573 e. The van der Waals surface area contributed by atoms with E-state index < -0.39 is 6.36 Å². The van der Waals surface area contributed by atoms with Crippen LogP contribution in [0.15, 0.2) is 46.3 Å². The van der Waals surface area contributed by atoms with Crippen molar-refractivity contribution in [2.24, 2.45) is 0 Å². The van der Waals surface area contributed by atoms with Gasteiger partial charge in [-0.1, -0.05) is 29.4 Å². The van der Waals surface area contributed by atoms with Gasteiger partial charge in [-0.3, -0.25) is 4.79 Å². The van der Waals surface area contributed by atoms with Gasteiger partial charge in [0.25, 0.3) is 0 Å². The lowest BCUT2D eigenvalue weighted by Gasteiger charge is -2.13. The zero-order valence-corrected chi connectivity index (χ0v) is 14.6. The summed E-state index contributed by atoms with van der Waals surface area (Å²) in [5.74, 6) is 0.0727. The number of alkyl halides is 3. The number of rotatable bonds is 7. The number of ether oxygens (including phenoxy) is 1. The van der Waals surface area contributed by atoms with Crippen LogP contribution in [0.5, 0.6) is 5.75 Å². The van der Waals surface area contributed by atoms with Crippen molar-refractivity contribution in [3.63, 3.8) is 0 Å². The zero-order chi connectivity index (χ0) is 19.3.